The molecule has 18 heavy (non-hydrogen) atoms. The van der Waals surface area contributed by atoms with Gasteiger partial charge in [-0.3, -0.25) is 4.68 Å². The fourth-order valence-corrected chi connectivity index (χ4v) is 2.36. The van der Waals surface area contributed by atoms with Crippen molar-refractivity contribution in [3.63, 3.8) is 0 Å². The number of hydrogen-bond donors (Lipinski definition) is 1. The first-order valence-electron chi connectivity index (χ1n) is 6.19. The highest BCUT2D eigenvalue weighted by molar-refractivity contribution is 14.1. The van der Waals surface area contributed by atoms with E-state index in [1.807, 2.05) is 17.9 Å². The van der Waals surface area contributed by atoms with Gasteiger partial charge in [0.25, 0.3) is 0 Å². The van der Waals surface area contributed by atoms with Crippen LogP contribution in [-0.4, -0.2) is 16.3 Å². The Morgan fingerprint density at radius 3 is 2.56 bits per heavy atom. The van der Waals surface area contributed by atoms with Crippen molar-refractivity contribution < 1.29 is 0 Å². The lowest BCUT2D eigenvalue weighted by molar-refractivity contribution is 0.553. The Morgan fingerprint density at radius 2 is 2.00 bits per heavy atom. The maximum absolute atomic E-state index is 4.26. The highest BCUT2D eigenvalue weighted by atomic mass is 127. The molecule has 2 aromatic rings. The van der Waals surface area contributed by atoms with E-state index in [1.54, 1.807) is 0 Å². The number of hydrogen-bond acceptors (Lipinski definition) is 2. The summed E-state index contributed by atoms with van der Waals surface area (Å²) in [5, 5.41) is 7.85. The van der Waals surface area contributed by atoms with Crippen LogP contribution >= 0.6 is 22.6 Å². The number of aromatic nitrogens is 2. The van der Waals surface area contributed by atoms with Crippen LogP contribution in [0.1, 0.15) is 30.6 Å². The molecule has 1 unspecified atom stereocenters. The number of rotatable bonds is 5. The molecule has 0 saturated heterocycles. The van der Waals surface area contributed by atoms with Crippen molar-refractivity contribution in [1.29, 1.82) is 0 Å². The van der Waals surface area contributed by atoms with Gasteiger partial charge in [-0.15, -0.1) is 0 Å². The molecule has 0 aliphatic heterocycles. The van der Waals surface area contributed by atoms with E-state index in [1.165, 1.54) is 14.8 Å². The third kappa shape index (κ3) is 3.11. The minimum Gasteiger partial charge on any atom is -0.305 e. The molecule has 1 heterocycles. The summed E-state index contributed by atoms with van der Waals surface area (Å²) in [7, 11) is 1.99. The maximum atomic E-state index is 4.26. The molecule has 1 atom stereocenters. The van der Waals surface area contributed by atoms with E-state index in [4.69, 9.17) is 0 Å². The zero-order valence-electron chi connectivity index (χ0n) is 10.7. The van der Waals surface area contributed by atoms with Crippen LogP contribution in [0.3, 0.4) is 0 Å². The second-order valence-electron chi connectivity index (χ2n) is 4.32. The van der Waals surface area contributed by atoms with Gasteiger partial charge in [0.05, 0.1) is 11.7 Å². The number of aryl methyl sites for hydroxylation is 1. The standard InChI is InChI=1S/C14H18IN3/c1-3-9-16-14(13-8-10-17-18(13)2)11-4-6-12(15)7-5-11/h4-8,10,14,16H,3,9H2,1-2H3. The van der Waals surface area contributed by atoms with E-state index in [-0.39, 0.29) is 6.04 Å². The average molecular weight is 355 g/mol. The van der Waals surface area contributed by atoms with Crippen LogP contribution in [0, 0.1) is 3.57 Å². The topological polar surface area (TPSA) is 29.9 Å². The van der Waals surface area contributed by atoms with Gasteiger partial charge in [0, 0.05) is 16.8 Å². The van der Waals surface area contributed by atoms with Crippen LogP contribution < -0.4 is 5.32 Å². The highest BCUT2D eigenvalue weighted by Gasteiger charge is 2.16. The Bertz CT molecular complexity index is 490. The molecular weight excluding hydrogens is 337 g/mol. The van der Waals surface area contributed by atoms with Gasteiger partial charge in [-0.2, -0.15) is 5.10 Å². The fraction of sp³-hybridized carbons (Fsp3) is 0.357. The predicted octanol–water partition coefficient (Wildman–Crippen LogP) is 3.11. The fourth-order valence-electron chi connectivity index (χ4n) is 2.00. The summed E-state index contributed by atoms with van der Waals surface area (Å²) < 4.78 is 3.20. The van der Waals surface area contributed by atoms with Gasteiger partial charge < -0.3 is 5.32 Å². The molecule has 3 nitrogen and oxygen atoms in total. The summed E-state index contributed by atoms with van der Waals surface area (Å²) >= 11 is 2.33. The van der Waals surface area contributed by atoms with E-state index in [2.05, 4.69) is 70.3 Å². The van der Waals surface area contributed by atoms with Gasteiger partial charge in [-0.05, 0) is 59.3 Å². The monoisotopic (exact) mass is 355 g/mol. The molecule has 0 radical (unpaired) electrons. The minimum atomic E-state index is 0.217. The normalized spacial score (nSPS) is 12.6. The minimum absolute atomic E-state index is 0.217. The molecule has 0 spiro atoms. The summed E-state index contributed by atoms with van der Waals surface area (Å²) in [6, 6.07) is 10.9. The highest BCUT2D eigenvalue weighted by Crippen LogP contribution is 2.22. The van der Waals surface area contributed by atoms with Crippen molar-refractivity contribution in [2.75, 3.05) is 6.54 Å². The first-order chi connectivity index (χ1) is 8.72. The number of nitrogens with zero attached hydrogens (tertiary/aromatic N) is 2. The zero-order valence-corrected chi connectivity index (χ0v) is 12.9. The first kappa shape index (κ1) is 13.5. The Labute approximate surface area is 122 Å². The van der Waals surface area contributed by atoms with Gasteiger partial charge in [0.2, 0.25) is 0 Å². The quantitative estimate of drug-likeness (QED) is 0.836. The van der Waals surface area contributed by atoms with E-state index >= 15 is 0 Å². The first-order valence-corrected chi connectivity index (χ1v) is 7.27. The van der Waals surface area contributed by atoms with Crippen molar-refractivity contribution in [3.05, 3.63) is 51.4 Å². The summed E-state index contributed by atoms with van der Waals surface area (Å²) in [6.45, 7) is 3.18. The van der Waals surface area contributed by atoms with Gasteiger partial charge >= 0.3 is 0 Å². The van der Waals surface area contributed by atoms with Crippen molar-refractivity contribution in [2.45, 2.75) is 19.4 Å². The van der Waals surface area contributed by atoms with Gasteiger partial charge in [-0.1, -0.05) is 19.1 Å². The second-order valence-corrected chi connectivity index (χ2v) is 5.56. The summed E-state index contributed by atoms with van der Waals surface area (Å²) in [5.74, 6) is 0. The lowest BCUT2D eigenvalue weighted by Gasteiger charge is -2.19. The number of benzene rings is 1. The molecule has 0 amide bonds. The summed E-state index contributed by atoms with van der Waals surface area (Å²) in [4.78, 5) is 0. The van der Waals surface area contributed by atoms with Crippen molar-refractivity contribution >= 4 is 22.6 Å². The molecule has 0 fully saturated rings. The molecule has 1 aromatic heterocycles. The molecular formula is C14H18IN3. The van der Waals surface area contributed by atoms with Crippen molar-refractivity contribution in [3.8, 4) is 0 Å². The number of halogens is 1. The SMILES string of the molecule is CCCNC(c1ccc(I)cc1)c1ccnn1C. The van der Waals surface area contributed by atoms with Crippen LogP contribution in [0.2, 0.25) is 0 Å². The van der Waals surface area contributed by atoms with E-state index in [0.29, 0.717) is 0 Å². The summed E-state index contributed by atoms with van der Waals surface area (Å²) in [5.41, 5.74) is 2.48. The van der Waals surface area contributed by atoms with Crippen molar-refractivity contribution in [2.24, 2.45) is 7.05 Å². The maximum Gasteiger partial charge on any atom is 0.0748 e. The van der Waals surface area contributed by atoms with Gasteiger partial charge in [0.1, 0.15) is 0 Å². The molecule has 4 heteroatoms. The van der Waals surface area contributed by atoms with Gasteiger partial charge in [0.15, 0.2) is 0 Å². The Balaban J connectivity index is 2.30. The van der Waals surface area contributed by atoms with Crippen LogP contribution in [0.5, 0.6) is 0 Å². The molecule has 2 rings (SSSR count). The Morgan fingerprint density at radius 1 is 1.28 bits per heavy atom. The van der Waals surface area contributed by atoms with Crippen molar-refractivity contribution in [1.82, 2.24) is 15.1 Å². The Hall–Kier alpha value is -0.880. The lowest BCUT2D eigenvalue weighted by Crippen LogP contribution is -2.25. The molecule has 0 aliphatic carbocycles. The third-order valence-corrected chi connectivity index (χ3v) is 3.68. The zero-order chi connectivity index (χ0) is 13.0. The largest absolute Gasteiger partial charge is 0.305 e. The molecule has 0 bridgehead atoms. The average Bonchev–Trinajstić information content (AvgIpc) is 2.78. The van der Waals surface area contributed by atoms with Gasteiger partial charge in [-0.25, -0.2) is 0 Å². The van der Waals surface area contributed by atoms with Crippen LogP contribution in [-0.2, 0) is 7.05 Å². The van der Waals surface area contributed by atoms with E-state index in [9.17, 15) is 0 Å². The smallest absolute Gasteiger partial charge is 0.0748 e. The van der Waals surface area contributed by atoms with E-state index in [0.717, 1.165) is 13.0 Å². The predicted molar refractivity (Wildman–Crippen MR) is 82.5 cm³/mol. The molecule has 0 saturated carbocycles. The van der Waals surface area contributed by atoms with E-state index < -0.39 is 0 Å². The lowest BCUT2D eigenvalue weighted by atomic mass is 10.0. The Kier molecular flexibility index (Phi) is 4.77. The molecule has 1 aromatic carbocycles. The summed E-state index contributed by atoms with van der Waals surface area (Å²) in [6.07, 6.45) is 2.97. The molecule has 0 aliphatic rings. The van der Waals surface area contributed by atoms with Crippen LogP contribution in [0.25, 0.3) is 0 Å². The van der Waals surface area contributed by atoms with Crippen LogP contribution in [0.4, 0.5) is 0 Å². The second kappa shape index (κ2) is 6.33. The molecule has 1 N–H and O–H groups in total. The number of nitrogens with one attached hydrogen (secondary N) is 1. The third-order valence-electron chi connectivity index (χ3n) is 2.96. The molecule has 96 valence electrons. The van der Waals surface area contributed by atoms with Crippen LogP contribution in [0.15, 0.2) is 36.5 Å².